The molecular formula is C18H28O2. The maximum absolute atomic E-state index is 9.94. The van der Waals surface area contributed by atoms with E-state index in [0.717, 1.165) is 24.8 Å². The molecule has 2 aliphatic carbocycles. The topological polar surface area (TPSA) is 29.5 Å². The Morgan fingerprint density at radius 3 is 2.80 bits per heavy atom. The third-order valence-corrected chi connectivity index (χ3v) is 6.28. The molecular weight excluding hydrogens is 248 g/mol. The molecule has 1 spiro atoms. The van der Waals surface area contributed by atoms with Crippen molar-refractivity contribution in [2.24, 2.45) is 17.3 Å². The molecule has 1 heterocycles. The van der Waals surface area contributed by atoms with Crippen molar-refractivity contribution in [2.75, 3.05) is 6.61 Å². The Bertz CT molecular complexity index is 450. The van der Waals surface area contributed by atoms with Crippen LogP contribution in [0.15, 0.2) is 24.3 Å². The van der Waals surface area contributed by atoms with Crippen molar-refractivity contribution >= 4 is 0 Å². The van der Waals surface area contributed by atoms with Gasteiger partial charge >= 0.3 is 0 Å². The van der Waals surface area contributed by atoms with Gasteiger partial charge in [0, 0.05) is 5.41 Å². The van der Waals surface area contributed by atoms with Gasteiger partial charge in [-0.2, -0.15) is 0 Å². The Labute approximate surface area is 122 Å². The van der Waals surface area contributed by atoms with E-state index in [2.05, 4.69) is 33.4 Å². The maximum Gasteiger partial charge on any atom is 0.0978 e. The van der Waals surface area contributed by atoms with Gasteiger partial charge in [0.25, 0.3) is 0 Å². The van der Waals surface area contributed by atoms with E-state index in [4.69, 9.17) is 4.74 Å². The summed E-state index contributed by atoms with van der Waals surface area (Å²) in [5.41, 5.74) is 1.02. The molecule has 2 bridgehead atoms. The molecule has 2 nitrogen and oxygen atoms in total. The van der Waals surface area contributed by atoms with Gasteiger partial charge in [-0.3, -0.25) is 0 Å². The number of aliphatic hydroxyl groups excluding tert-OH is 1. The second-order valence-electron chi connectivity index (χ2n) is 7.87. The minimum atomic E-state index is -0.216. The minimum Gasteiger partial charge on any atom is -0.392 e. The van der Waals surface area contributed by atoms with Crippen LogP contribution in [-0.4, -0.2) is 22.9 Å². The quantitative estimate of drug-likeness (QED) is 0.793. The van der Waals surface area contributed by atoms with Gasteiger partial charge in [-0.25, -0.2) is 0 Å². The van der Waals surface area contributed by atoms with E-state index in [9.17, 15) is 5.11 Å². The zero-order chi connectivity index (χ0) is 14.6. The minimum absolute atomic E-state index is 0.0582. The predicted octanol–water partition coefficient (Wildman–Crippen LogP) is 3.86. The average molecular weight is 276 g/mol. The lowest BCUT2D eigenvalue weighted by Crippen LogP contribution is -2.53. The van der Waals surface area contributed by atoms with Crippen molar-refractivity contribution in [3.8, 4) is 0 Å². The second-order valence-corrected chi connectivity index (χ2v) is 7.87. The van der Waals surface area contributed by atoms with Gasteiger partial charge in [0.15, 0.2) is 0 Å². The number of rotatable bonds is 3. The fraction of sp³-hybridized carbons (Fsp3) is 0.778. The van der Waals surface area contributed by atoms with Crippen molar-refractivity contribution in [1.29, 1.82) is 0 Å². The van der Waals surface area contributed by atoms with Gasteiger partial charge in [0.1, 0.15) is 0 Å². The molecule has 2 fully saturated rings. The Morgan fingerprint density at radius 2 is 2.15 bits per heavy atom. The van der Waals surface area contributed by atoms with E-state index < -0.39 is 0 Å². The highest BCUT2D eigenvalue weighted by Crippen LogP contribution is 2.65. The van der Waals surface area contributed by atoms with E-state index in [1.807, 2.05) is 6.08 Å². The summed E-state index contributed by atoms with van der Waals surface area (Å²) in [5, 5.41) is 9.94. The van der Waals surface area contributed by atoms with E-state index in [0.29, 0.717) is 11.8 Å². The van der Waals surface area contributed by atoms with E-state index in [1.165, 1.54) is 12.8 Å². The number of allylic oxidation sites excluding steroid dienone is 2. The zero-order valence-corrected chi connectivity index (χ0v) is 13.1. The molecule has 3 rings (SSSR count). The molecule has 0 aromatic carbocycles. The summed E-state index contributed by atoms with van der Waals surface area (Å²) in [7, 11) is 0. The van der Waals surface area contributed by atoms with Crippen LogP contribution in [0.2, 0.25) is 0 Å². The maximum atomic E-state index is 9.94. The fourth-order valence-corrected chi connectivity index (χ4v) is 5.13. The molecule has 1 N–H and O–H groups in total. The molecule has 4 atom stereocenters. The molecule has 1 aliphatic heterocycles. The lowest BCUT2D eigenvalue weighted by molar-refractivity contribution is -0.138. The van der Waals surface area contributed by atoms with Crippen molar-refractivity contribution < 1.29 is 9.84 Å². The van der Waals surface area contributed by atoms with Gasteiger partial charge < -0.3 is 9.84 Å². The van der Waals surface area contributed by atoms with Crippen molar-refractivity contribution in [3.05, 3.63) is 24.3 Å². The normalized spacial score (nSPS) is 45.7. The Hall–Kier alpha value is -0.600. The van der Waals surface area contributed by atoms with Crippen molar-refractivity contribution in [2.45, 2.75) is 64.1 Å². The number of aliphatic hydroxyl groups is 1. The molecule has 0 aromatic heterocycles. The summed E-state index contributed by atoms with van der Waals surface area (Å²) in [5.74, 6) is 1.13. The lowest BCUT2D eigenvalue weighted by atomic mass is 9.53. The number of hydrogen-bond donors (Lipinski definition) is 1. The van der Waals surface area contributed by atoms with Crippen LogP contribution < -0.4 is 0 Å². The standard InChI is InChI=1S/C18H28O2/c1-5-6-13-9-15(12-19)18-11-14(16(2,3)20-18)7-8-17(18,4)10-13/h5,9,13-14,19H,1,6-8,10-12H2,2-4H3/t13?,14?,17-,18?/m1/s1. The summed E-state index contributed by atoms with van der Waals surface area (Å²) in [6, 6.07) is 0. The van der Waals surface area contributed by atoms with Gasteiger partial charge in [-0.1, -0.05) is 19.1 Å². The smallest absolute Gasteiger partial charge is 0.0978 e. The molecule has 3 unspecified atom stereocenters. The van der Waals surface area contributed by atoms with Crippen LogP contribution in [0, 0.1) is 17.3 Å². The molecule has 2 heteroatoms. The first-order chi connectivity index (χ1) is 9.37. The molecule has 0 amide bonds. The van der Waals surface area contributed by atoms with E-state index in [1.54, 1.807) is 0 Å². The van der Waals surface area contributed by atoms with Gasteiger partial charge in [0.2, 0.25) is 0 Å². The number of hydrogen-bond acceptors (Lipinski definition) is 2. The number of fused-ring (bicyclic) bond motifs is 1. The van der Waals surface area contributed by atoms with Crippen molar-refractivity contribution in [1.82, 2.24) is 0 Å². The fourth-order valence-electron chi connectivity index (χ4n) is 5.13. The summed E-state index contributed by atoms with van der Waals surface area (Å²) < 4.78 is 6.64. The van der Waals surface area contributed by atoms with Crippen LogP contribution >= 0.6 is 0 Å². The highest BCUT2D eigenvalue weighted by atomic mass is 16.5. The first-order valence-corrected chi connectivity index (χ1v) is 8.00. The summed E-state index contributed by atoms with van der Waals surface area (Å²) in [6.45, 7) is 10.8. The van der Waals surface area contributed by atoms with Gasteiger partial charge in [0.05, 0.1) is 17.8 Å². The Balaban J connectivity index is 2.06. The molecule has 1 saturated heterocycles. The Morgan fingerprint density at radius 1 is 1.40 bits per heavy atom. The molecule has 1 saturated carbocycles. The largest absolute Gasteiger partial charge is 0.392 e. The summed E-state index contributed by atoms with van der Waals surface area (Å²) >= 11 is 0. The lowest BCUT2D eigenvalue weighted by Gasteiger charge is -2.53. The third kappa shape index (κ3) is 1.77. The van der Waals surface area contributed by atoms with Crippen LogP contribution in [-0.2, 0) is 4.74 Å². The van der Waals surface area contributed by atoms with Crippen LogP contribution in [0.4, 0.5) is 0 Å². The molecule has 0 aromatic rings. The third-order valence-electron chi connectivity index (χ3n) is 6.28. The van der Waals surface area contributed by atoms with Crippen LogP contribution in [0.1, 0.15) is 52.9 Å². The first kappa shape index (κ1) is 14.3. The van der Waals surface area contributed by atoms with Gasteiger partial charge in [-0.15, -0.1) is 6.58 Å². The zero-order valence-electron chi connectivity index (χ0n) is 13.1. The summed E-state index contributed by atoms with van der Waals surface area (Å²) in [6.07, 6.45) is 10.0. The Kier molecular flexibility index (Phi) is 3.19. The molecule has 20 heavy (non-hydrogen) atoms. The molecule has 112 valence electrons. The van der Waals surface area contributed by atoms with Gasteiger partial charge in [-0.05, 0) is 63.4 Å². The monoisotopic (exact) mass is 276 g/mol. The highest BCUT2D eigenvalue weighted by Gasteiger charge is 2.65. The SMILES string of the molecule is C=CCC1C=C(CO)C23CC(CC[C@]2(C)C1)C(C)(C)O3. The predicted molar refractivity (Wildman–Crippen MR) is 81.4 cm³/mol. The van der Waals surface area contributed by atoms with E-state index in [-0.39, 0.29) is 23.2 Å². The van der Waals surface area contributed by atoms with Crippen molar-refractivity contribution in [3.63, 3.8) is 0 Å². The summed E-state index contributed by atoms with van der Waals surface area (Å²) in [4.78, 5) is 0. The van der Waals surface area contributed by atoms with E-state index >= 15 is 0 Å². The molecule has 0 radical (unpaired) electrons. The average Bonchev–Trinajstić information content (AvgIpc) is 2.61. The molecule has 3 aliphatic rings. The van der Waals surface area contributed by atoms with Crippen LogP contribution in [0.25, 0.3) is 0 Å². The number of ether oxygens (including phenoxy) is 1. The van der Waals surface area contributed by atoms with Crippen LogP contribution in [0.3, 0.4) is 0 Å². The first-order valence-electron chi connectivity index (χ1n) is 8.00. The van der Waals surface area contributed by atoms with Crippen LogP contribution in [0.5, 0.6) is 0 Å². The second kappa shape index (κ2) is 4.45. The highest BCUT2D eigenvalue weighted by molar-refractivity contribution is 5.32.